The van der Waals surface area contributed by atoms with Gasteiger partial charge in [-0.1, -0.05) is 103 Å². The van der Waals surface area contributed by atoms with Gasteiger partial charge in [0, 0.05) is 12.2 Å². The Morgan fingerprint density at radius 2 is 1.43 bits per heavy atom. The number of aryl methyl sites for hydroxylation is 1. The summed E-state index contributed by atoms with van der Waals surface area (Å²) in [5.41, 5.74) is 6.60. The first kappa shape index (κ1) is 28.7. The molecule has 0 unspecified atom stereocenters. The van der Waals surface area contributed by atoms with Gasteiger partial charge in [0.2, 0.25) is 0 Å². The van der Waals surface area contributed by atoms with Crippen LogP contribution in [0.4, 0.5) is 11.4 Å². The fourth-order valence-corrected chi connectivity index (χ4v) is 5.65. The van der Waals surface area contributed by atoms with Gasteiger partial charge >= 0.3 is 0 Å². The van der Waals surface area contributed by atoms with E-state index in [1.807, 2.05) is 140 Å². The number of fused-ring (bicyclic) bond motifs is 1. The van der Waals surface area contributed by atoms with Gasteiger partial charge in [-0.05, 0) is 66.9 Å². The van der Waals surface area contributed by atoms with Crippen molar-refractivity contribution >= 4 is 23.2 Å². The molecular formula is C38H35N3O3. The molecule has 0 saturated heterocycles. The van der Waals surface area contributed by atoms with Crippen molar-refractivity contribution < 1.29 is 14.3 Å². The summed E-state index contributed by atoms with van der Waals surface area (Å²) in [5, 5.41) is 2.99. The first-order valence-electron chi connectivity index (χ1n) is 14.8. The molecule has 1 heterocycles. The molecule has 0 radical (unpaired) electrons. The number of ether oxygens (including phenoxy) is 1. The third-order valence-electron chi connectivity index (χ3n) is 7.94. The van der Waals surface area contributed by atoms with Gasteiger partial charge < -0.3 is 15.0 Å². The third-order valence-corrected chi connectivity index (χ3v) is 7.94. The largest absolute Gasteiger partial charge is 0.484 e. The lowest BCUT2D eigenvalue weighted by molar-refractivity contribution is -0.123. The van der Waals surface area contributed by atoms with E-state index in [9.17, 15) is 9.59 Å². The number of hydrogen-bond acceptors (Lipinski definition) is 4. The number of para-hydroxylation sites is 1. The van der Waals surface area contributed by atoms with Crippen molar-refractivity contribution in [1.82, 2.24) is 5.32 Å². The minimum atomic E-state index is -0.413. The highest BCUT2D eigenvalue weighted by atomic mass is 16.5. The maximum absolute atomic E-state index is 14.1. The summed E-state index contributed by atoms with van der Waals surface area (Å²) in [6.07, 6.45) is -0.413. The summed E-state index contributed by atoms with van der Waals surface area (Å²) in [6.45, 7) is 4.50. The molecule has 44 heavy (non-hydrogen) atoms. The van der Waals surface area contributed by atoms with Gasteiger partial charge in [0.15, 0.2) is 6.61 Å². The zero-order valence-electron chi connectivity index (χ0n) is 24.9. The Morgan fingerprint density at radius 1 is 0.795 bits per heavy atom. The number of amides is 2. The average Bonchev–Trinajstić information content (AvgIpc) is 3.06. The van der Waals surface area contributed by atoms with Crippen LogP contribution in [0.3, 0.4) is 0 Å². The Balaban J connectivity index is 1.29. The van der Waals surface area contributed by atoms with E-state index in [0.717, 1.165) is 33.6 Å². The first-order chi connectivity index (χ1) is 21.5. The molecule has 1 aliphatic heterocycles. The Hall–Kier alpha value is -5.36. The van der Waals surface area contributed by atoms with Gasteiger partial charge in [0.25, 0.3) is 11.8 Å². The van der Waals surface area contributed by atoms with E-state index in [1.165, 1.54) is 0 Å². The second kappa shape index (κ2) is 12.9. The number of carbonyl (C=O) groups excluding carboxylic acids is 2. The van der Waals surface area contributed by atoms with Crippen LogP contribution >= 0.6 is 0 Å². The summed E-state index contributed by atoms with van der Waals surface area (Å²) in [7, 11) is 0. The molecule has 0 fully saturated rings. The topological polar surface area (TPSA) is 61.9 Å². The molecule has 0 aromatic heterocycles. The van der Waals surface area contributed by atoms with E-state index >= 15 is 0 Å². The van der Waals surface area contributed by atoms with Crippen LogP contribution in [0.1, 0.15) is 51.7 Å². The Kier molecular flexibility index (Phi) is 8.41. The van der Waals surface area contributed by atoms with Crippen molar-refractivity contribution in [2.24, 2.45) is 0 Å². The smallest absolute Gasteiger partial charge is 0.262 e. The van der Waals surface area contributed by atoms with Gasteiger partial charge in [-0.3, -0.25) is 14.5 Å². The molecule has 5 aromatic carbocycles. The molecule has 1 N–H and O–H groups in total. The molecule has 5 aromatic rings. The number of anilines is 2. The quantitative estimate of drug-likeness (QED) is 0.195. The number of carbonyl (C=O) groups is 2. The minimum absolute atomic E-state index is 0.0525. The van der Waals surface area contributed by atoms with Crippen molar-refractivity contribution in [2.45, 2.75) is 32.6 Å². The Bertz CT molecular complexity index is 1720. The molecule has 0 spiro atoms. The molecule has 2 atom stereocenters. The lowest BCUT2D eigenvalue weighted by Gasteiger charge is -2.46. The van der Waals surface area contributed by atoms with Crippen LogP contribution in [0.2, 0.25) is 0 Å². The molecule has 0 aliphatic carbocycles. The normalized spacial score (nSPS) is 15.0. The molecular weight excluding hydrogens is 546 g/mol. The number of benzene rings is 5. The molecule has 2 amide bonds. The fraction of sp³-hybridized carbons (Fsp3) is 0.158. The van der Waals surface area contributed by atoms with Gasteiger partial charge in [-0.25, -0.2) is 0 Å². The molecule has 6 heteroatoms. The van der Waals surface area contributed by atoms with Crippen LogP contribution in [0.5, 0.6) is 5.75 Å². The van der Waals surface area contributed by atoms with Crippen LogP contribution in [0, 0.1) is 6.92 Å². The van der Waals surface area contributed by atoms with Crippen LogP contribution in [-0.2, 0) is 11.3 Å². The highest BCUT2D eigenvalue weighted by molar-refractivity contribution is 6.12. The van der Waals surface area contributed by atoms with E-state index in [4.69, 9.17) is 4.74 Å². The minimum Gasteiger partial charge on any atom is -0.484 e. The molecule has 6 rings (SSSR count). The van der Waals surface area contributed by atoms with Crippen LogP contribution in [0.25, 0.3) is 0 Å². The molecule has 0 bridgehead atoms. The van der Waals surface area contributed by atoms with Crippen LogP contribution < -0.4 is 19.9 Å². The maximum Gasteiger partial charge on any atom is 0.262 e. The summed E-state index contributed by atoms with van der Waals surface area (Å²) in [5.74, 6) is 0.332. The molecule has 1 aliphatic rings. The fourth-order valence-electron chi connectivity index (χ4n) is 5.65. The standard InChI is InChI=1S/C38H35N3O3/c1-27-17-21-32(22-18-27)41-37(40(25-29-11-5-3-6-12-29)35-16-10-9-15-34(35)38(41)43)31-19-23-33(24-20-31)44-26-36(42)39-28(2)30-13-7-4-8-14-30/h3-24,28,37H,25-26H2,1-2H3,(H,39,42)/t28-,37+/m0/s1. The molecule has 220 valence electrons. The lowest BCUT2D eigenvalue weighted by atomic mass is 9.99. The lowest BCUT2D eigenvalue weighted by Crippen LogP contribution is -2.49. The summed E-state index contributed by atoms with van der Waals surface area (Å²) in [4.78, 5) is 30.9. The summed E-state index contributed by atoms with van der Waals surface area (Å²) >= 11 is 0. The maximum atomic E-state index is 14.1. The van der Waals surface area contributed by atoms with Crippen molar-refractivity contribution in [3.05, 3.63) is 161 Å². The predicted octanol–water partition coefficient (Wildman–Crippen LogP) is 7.62. The van der Waals surface area contributed by atoms with Gasteiger partial charge in [-0.15, -0.1) is 0 Å². The first-order valence-corrected chi connectivity index (χ1v) is 14.8. The molecule has 6 nitrogen and oxygen atoms in total. The van der Waals surface area contributed by atoms with Crippen LogP contribution in [0.15, 0.2) is 133 Å². The Morgan fingerprint density at radius 3 is 2.14 bits per heavy atom. The number of nitrogens with zero attached hydrogens (tertiary/aromatic N) is 2. The van der Waals surface area contributed by atoms with Gasteiger partial charge in [-0.2, -0.15) is 0 Å². The van der Waals surface area contributed by atoms with Gasteiger partial charge in [0.1, 0.15) is 11.9 Å². The number of nitrogens with one attached hydrogen (secondary N) is 1. The van der Waals surface area contributed by atoms with Crippen molar-refractivity contribution in [3.63, 3.8) is 0 Å². The van der Waals surface area contributed by atoms with Crippen molar-refractivity contribution in [1.29, 1.82) is 0 Å². The third kappa shape index (κ3) is 6.20. The van der Waals surface area contributed by atoms with E-state index in [-0.39, 0.29) is 24.5 Å². The highest BCUT2D eigenvalue weighted by Crippen LogP contribution is 2.42. The van der Waals surface area contributed by atoms with E-state index < -0.39 is 6.17 Å². The average molecular weight is 582 g/mol. The summed E-state index contributed by atoms with van der Waals surface area (Å²) in [6, 6.07) is 43.5. The van der Waals surface area contributed by atoms with Crippen LogP contribution in [-0.4, -0.2) is 18.4 Å². The van der Waals surface area contributed by atoms with E-state index in [0.29, 0.717) is 17.9 Å². The summed E-state index contributed by atoms with van der Waals surface area (Å²) < 4.78 is 5.87. The second-order valence-corrected chi connectivity index (χ2v) is 11.1. The highest BCUT2D eigenvalue weighted by Gasteiger charge is 2.39. The number of hydrogen-bond donors (Lipinski definition) is 1. The van der Waals surface area contributed by atoms with Gasteiger partial charge in [0.05, 0.1) is 17.3 Å². The van der Waals surface area contributed by atoms with E-state index in [2.05, 4.69) is 22.3 Å². The monoisotopic (exact) mass is 581 g/mol. The SMILES string of the molecule is Cc1ccc(N2C(=O)c3ccccc3N(Cc3ccccc3)[C@H]2c2ccc(OCC(=O)N[C@@H](C)c3ccccc3)cc2)cc1. The molecule has 0 saturated carbocycles. The predicted molar refractivity (Wildman–Crippen MR) is 175 cm³/mol. The van der Waals surface area contributed by atoms with Crippen molar-refractivity contribution in [3.8, 4) is 5.75 Å². The second-order valence-electron chi connectivity index (χ2n) is 11.1. The Labute approximate surface area is 258 Å². The zero-order valence-corrected chi connectivity index (χ0v) is 24.9. The van der Waals surface area contributed by atoms with Crippen molar-refractivity contribution in [2.75, 3.05) is 16.4 Å². The number of rotatable bonds is 9. The zero-order chi connectivity index (χ0) is 30.5. The van der Waals surface area contributed by atoms with E-state index in [1.54, 1.807) is 0 Å².